The number of aliphatic hydroxyl groups is 1. The summed E-state index contributed by atoms with van der Waals surface area (Å²) < 4.78 is 0.807. The summed E-state index contributed by atoms with van der Waals surface area (Å²) >= 11 is 7.41. The number of aromatic nitrogens is 1. The van der Waals surface area contributed by atoms with Crippen LogP contribution in [0.1, 0.15) is 22.7 Å². The Morgan fingerprint density at radius 1 is 1.09 bits per heavy atom. The van der Waals surface area contributed by atoms with Crippen LogP contribution >= 0.6 is 22.9 Å². The summed E-state index contributed by atoms with van der Waals surface area (Å²) in [4.78, 5) is 32.6. The monoisotopic (exact) mass is 486 g/mol. The minimum absolute atomic E-state index is 0.0262. The molecule has 0 saturated carbocycles. The third kappa shape index (κ3) is 4.02. The van der Waals surface area contributed by atoms with E-state index >= 15 is 0 Å². The van der Waals surface area contributed by atoms with Crippen molar-refractivity contribution < 1.29 is 14.7 Å². The Labute approximate surface area is 205 Å². The molecule has 1 aliphatic heterocycles. The van der Waals surface area contributed by atoms with Crippen molar-refractivity contribution >= 4 is 56.1 Å². The molecule has 1 unspecified atom stereocenters. The van der Waals surface area contributed by atoms with Crippen LogP contribution < -0.4 is 4.90 Å². The molecule has 4 aromatic rings. The van der Waals surface area contributed by atoms with Gasteiger partial charge < -0.3 is 5.11 Å². The number of fused-ring (bicyclic) bond motifs is 1. The number of amides is 1. The zero-order valence-corrected chi connectivity index (χ0v) is 19.7. The van der Waals surface area contributed by atoms with Crippen LogP contribution in [0.2, 0.25) is 5.02 Å². The quantitative estimate of drug-likeness (QED) is 0.329. The third-order valence-electron chi connectivity index (χ3n) is 5.64. The summed E-state index contributed by atoms with van der Waals surface area (Å²) in [7, 11) is 0. The number of rotatable bonds is 5. The molecule has 168 valence electrons. The van der Waals surface area contributed by atoms with Crippen LogP contribution in [0.3, 0.4) is 0 Å². The maximum absolute atomic E-state index is 13.3. The number of carbonyl (C=O) groups excluding carboxylic acids is 2. The van der Waals surface area contributed by atoms with Crippen molar-refractivity contribution in [1.82, 2.24) is 4.98 Å². The molecule has 0 fully saturated rings. The lowest BCUT2D eigenvalue weighted by atomic mass is 9.95. The summed E-state index contributed by atoms with van der Waals surface area (Å²) in [5.41, 5.74) is 3.30. The predicted molar refractivity (Wildman–Crippen MR) is 136 cm³/mol. The van der Waals surface area contributed by atoms with Crippen LogP contribution in [0.25, 0.3) is 16.3 Å². The van der Waals surface area contributed by atoms with Gasteiger partial charge in [0, 0.05) is 5.02 Å². The fraction of sp³-hybridized carbons (Fsp3) is 0.0741. The normalized spacial score (nSPS) is 16.2. The first-order valence-electron chi connectivity index (χ1n) is 10.6. The Bertz CT molecular complexity index is 1470. The van der Waals surface area contributed by atoms with Gasteiger partial charge in [0.15, 0.2) is 16.7 Å². The van der Waals surface area contributed by atoms with E-state index in [1.165, 1.54) is 22.3 Å². The number of hydrogen-bond acceptors (Lipinski definition) is 5. The van der Waals surface area contributed by atoms with Crippen LogP contribution in [0.4, 0.5) is 5.13 Å². The molecule has 1 aromatic heterocycles. The van der Waals surface area contributed by atoms with E-state index in [9.17, 15) is 14.7 Å². The zero-order valence-electron chi connectivity index (χ0n) is 18.1. The number of aliphatic hydroxyl groups excluding tert-OH is 1. The van der Waals surface area contributed by atoms with E-state index in [4.69, 9.17) is 11.6 Å². The minimum Gasteiger partial charge on any atom is -0.503 e. The Hall–Kier alpha value is -3.74. The fourth-order valence-corrected chi connectivity index (χ4v) is 5.20. The van der Waals surface area contributed by atoms with Gasteiger partial charge in [-0.2, -0.15) is 0 Å². The van der Waals surface area contributed by atoms with Gasteiger partial charge in [-0.05, 0) is 42.3 Å². The van der Waals surface area contributed by atoms with Crippen LogP contribution in [0.5, 0.6) is 0 Å². The van der Waals surface area contributed by atoms with E-state index in [2.05, 4.69) is 4.98 Å². The van der Waals surface area contributed by atoms with Crippen molar-refractivity contribution in [3.63, 3.8) is 0 Å². The third-order valence-corrected chi connectivity index (χ3v) is 6.89. The van der Waals surface area contributed by atoms with E-state index in [1.807, 2.05) is 61.5 Å². The van der Waals surface area contributed by atoms with Crippen LogP contribution in [0.15, 0.2) is 90.2 Å². The second kappa shape index (κ2) is 8.89. The number of benzene rings is 3. The lowest BCUT2D eigenvalue weighted by Gasteiger charge is -2.24. The van der Waals surface area contributed by atoms with E-state index in [1.54, 1.807) is 24.3 Å². The highest BCUT2D eigenvalue weighted by molar-refractivity contribution is 7.22. The number of aryl methyl sites for hydroxylation is 1. The largest absolute Gasteiger partial charge is 0.503 e. The second-order valence-corrected chi connectivity index (χ2v) is 9.41. The lowest BCUT2D eigenvalue weighted by molar-refractivity contribution is -0.117. The van der Waals surface area contributed by atoms with Gasteiger partial charge in [0.25, 0.3) is 5.91 Å². The molecule has 2 heterocycles. The molecule has 3 aromatic carbocycles. The fourth-order valence-electron chi connectivity index (χ4n) is 3.93. The number of carbonyl (C=O) groups is 2. The number of anilines is 1. The molecule has 7 heteroatoms. The van der Waals surface area contributed by atoms with Gasteiger partial charge in [-0.3, -0.25) is 14.5 Å². The highest BCUT2D eigenvalue weighted by Crippen LogP contribution is 2.43. The van der Waals surface area contributed by atoms with Crippen molar-refractivity contribution in [2.45, 2.75) is 13.0 Å². The lowest BCUT2D eigenvalue weighted by Crippen LogP contribution is -2.30. The summed E-state index contributed by atoms with van der Waals surface area (Å²) in [5, 5.41) is 11.8. The van der Waals surface area contributed by atoms with Gasteiger partial charge in [0.2, 0.25) is 0 Å². The molecule has 1 aliphatic rings. The van der Waals surface area contributed by atoms with Gasteiger partial charge in [0.05, 0.1) is 21.8 Å². The van der Waals surface area contributed by atoms with Crippen molar-refractivity contribution in [1.29, 1.82) is 0 Å². The molecule has 0 radical (unpaired) electrons. The molecule has 1 N–H and O–H groups in total. The SMILES string of the molecule is Cc1ccc(C2C(C(=O)C=Cc3ccccc3)=C(O)C(=O)N2c2nc3ccc(Cl)cc3s2)cc1. The molecular formula is C27H19ClN2O3S. The van der Waals surface area contributed by atoms with Gasteiger partial charge in [-0.15, -0.1) is 0 Å². The standard InChI is InChI=1S/C27H19ClN2O3S/c1-16-7-10-18(11-8-16)24-23(21(31)14-9-17-5-3-2-4-6-17)25(32)26(33)30(24)27-29-20-13-12-19(28)15-22(20)34-27/h2-15,24,32H,1H3. The van der Waals surface area contributed by atoms with Gasteiger partial charge >= 0.3 is 0 Å². The van der Waals surface area contributed by atoms with Gasteiger partial charge in [-0.1, -0.05) is 89.2 Å². The zero-order chi connectivity index (χ0) is 23.8. The maximum Gasteiger partial charge on any atom is 0.296 e. The molecule has 0 aliphatic carbocycles. The molecule has 0 saturated heterocycles. The molecule has 5 nitrogen and oxygen atoms in total. The number of halogens is 1. The average Bonchev–Trinajstić information content (AvgIpc) is 3.36. The maximum atomic E-state index is 13.3. The molecule has 34 heavy (non-hydrogen) atoms. The van der Waals surface area contributed by atoms with Gasteiger partial charge in [-0.25, -0.2) is 4.98 Å². The highest BCUT2D eigenvalue weighted by atomic mass is 35.5. The number of thiazole rings is 1. The van der Waals surface area contributed by atoms with E-state index in [-0.39, 0.29) is 5.57 Å². The Balaban J connectivity index is 1.60. The average molecular weight is 487 g/mol. The molecule has 1 atom stereocenters. The smallest absolute Gasteiger partial charge is 0.296 e. The second-order valence-electron chi connectivity index (χ2n) is 7.97. The first-order valence-corrected chi connectivity index (χ1v) is 11.8. The number of ketones is 1. The Morgan fingerprint density at radius 3 is 2.56 bits per heavy atom. The number of hydrogen-bond donors (Lipinski definition) is 1. The molecular weight excluding hydrogens is 468 g/mol. The Morgan fingerprint density at radius 2 is 1.82 bits per heavy atom. The van der Waals surface area contributed by atoms with Crippen LogP contribution in [-0.2, 0) is 9.59 Å². The highest BCUT2D eigenvalue weighted by Gasteiger charge is 2.45. The molecule has 5 rings (SSSR count). The topological polar surface area (TPSA) is 70.5 Å². The first kappa shape index (κ1) is 22.1. The summed E-state index contributed by atoms with van der Waals surface area (Å²) in [6.45, 7) is 1.96. The number of allylic oxidation sites excluding steroid dienone is 1. The predicted octanol–water partition coefficient (Wildman–Crippen LogP) is 6.44. The summed E-state index contributed by atoms with van der Waals surface area (Å²) in [5.74, 6) is -1.66. The van der Waals surface area contributed by atoms with Crippen LogP contribution in [-0.4, -0.2) is 21.8 Å². The van der Waals surface area contributed by atoms with Crippen molar-refractivity contribution in [3.05, 3.63) is 112 Å². The molecule has 1 amide bonds. The Kier molecular flexibility index (Phi) is 5.77. The van der Waals surface area contributed by atoms with Crippen molar-refractivity contribution in [3.8, 4) is 0 Å². The van der Waals surface area contributed by atoms with Crippen molar-refractivity contribution in [2.24, 2.45) is 0 Å². The van der Waals surface area contributed by atoms with E-state index in [0.717, 1.165) is 15.8 Å². The number of nitrogens with zero attached hydrogens (tertiary/aromatic N) is 2. The van der Waals surface area contributed by atoms with E-state index in [0.29, 0.717) is 21.2 Å². The molecule has 0 spiro atoms. The summed E-state index contributed by atoms with van der Waals surface area (Å²) in [6.07, 6.45) is 3.05. The van der Waals surface area contributed by atoms with E-state index < -0.39 is 23.5 Å². The van der Waals surface area contributed by atoms with Crippen molar-refractivity contribution in [2.75, 3.05) is 4.90 Å². The molecule has 0 bridgehead atoms. The van der Waals surface area contributed by atoms with Gasteiger partial charge in [0.1, 0.15) is 0 Å². The first-order chi connectivity index (χ1) is 16.4. The van der Waals surface area contributed by atoms with Crippen LogP contribution in [0, 0.1) is 6.92 Å². The minimum atomic E-state index is -0.808. The summed E-state index contributed by atoms with van der Waals surface area (Å²) in [6, 6.07) is 21.4.